The summed E-state index contributed by atoms with van der Waals surface area (Å²) >= 11 is 0. The smallest absolute Gasteiger partial charge is 0.225 e. The Morgan fingerprint density at radius 2 is 2.40 bits per heavy atom. The Labute approximate surface area is 121 Å². The van der Waals surface area contributed by atoms with Crippen LogP contribution in [0.5, 0.6) is 0 Å². The molecule has 0 spiro atoms. The monoisotopic (exact) mass is 278 g/mol. The van der Waals surface area contributed by atoms with Crippen molar-refractivity contribution in [2.45, 2.75) is 46.2 Å². The molecule has 0 saturated carbocycles. The van der Waals surface area contributed by atoms with Crippen LogP contribution in [-0.2, 0) is 11.3 Å². The van der Waals surface area contributed by atoms with Gasteiger partial charge in [0.05, 0.1) is 6.54 Å². The molecule has 1 amide bonds. The average Bonchev–Trinajstić information content (AvgIpc) is 2.97. The fourth-order valence-corrected chi connectivity index (χ4v) is 2.90. The number of imidazole rings is 1. The lowest BCUT2D eigenvalue weighted by atomic mass is 9.89. The largest absolute Gasteiger partial charge is 0.348 e. The van der Waals surface area contributed by atoms with Crippen molar-refractivity contribution in [1.82, 2.24) is 20.2 Å². The van der Waals surface area contributed by atoms with E-state index in [9.17, 15) is 4.79 Å². The number of carbonyl (C=O) groups excluding carboxylic acids is 1. The van der Waals surface area contributed by atoms with Gasteiger partial charge in [-0.2, -0.15) is 0 Å². The van der Waals surface area contributed by atoms with Gasteiger partial charge in [-0.3, -0.25) is 4.79 Å². The van der Waals surface area contributed by atoms with E-state index in [-0.39, 0.29) is 11.8 Å². The molecule has 5 nitrogen and oxygen atoms in total. The van der Waals surface area contributed by atoms with Gasteiger partial charge in [0.15, 0.2) is 0 Å². The molecule has 0 unspecified atom stereocenters. The summed E-state index contributed by atoms with van der Waals surface area (Å²) in [7, 11) is 0. The maximum Gasteiger partial charge on any atom is 0.225 e. The van der Waals surface area contributed by atoms with Gasteiger partial charge >= 0.3 is 0 Å². The van der Waals surface area contributed by atoms with Crippen molar-refractivity contribution in [2.75, 3.05) is 13.1 Å². The first-order valence-electron chi connectivity index (χ1n) is 7.62. The van der Waals surface area contributed by atoms with E-state index >= 15 is 0 Å². The third kappa shape index (κ3) is 3.60. The summed E-state index contributed by atoms with van der Waals surface area (Å²) in [5.41, 5.74) is 0. The first-order chi connectivity index (χ1) is 9.61. The van der Waals surface area contributed by atoms with Crippen LogP contribution in [0.2, 0.25) is 0 Å². The third-order valence-electron chi connectivity index (χ3n) is 4.15. The second-order valence-electron chi connectivity index (χ2n) is 5.92. The van der Waals surface area contributed by atoms with Crippen LogP contribution < -0.4 is 5.32 Å². The van der Waals surface area contributed by atoms with E-state index in [1.54, 1.807) is 6.20 Å². The minimum Gasteiger partial charge on any atom is -0.348 e. The van der Waals surface area contributed by atoms with Crippen molar-refractivity contribution in [3.8, 4) is 0 Å². The molecule has 0 bridgehead atoms. The summed E-state index contributed by atoms with van der Waals surface area (Å²) in [6.45, 7) is 8.67. The van der Waals surface area contributed by atoms with Crippen molar-refractivity contribution in [2.24, 2.45) is 11.8 Å². The number of likely N-dealkylation sites (tertiary alicyclic amines) is 1. The van der Waals surface area contributed by atoms with Gasteiger partial charge in [-0.05, 0) is 12.3 Å². The molecule has 2 atom stereocenters. The van der Waals surface area contributed by atoms with Crippen LogP contribution in [0.4, 0.5) is 0 Å². The highest BCUT2D eigenvalue weighted by atomic mass is 16.2. The number of aromatic amines is 1. The lowest BCUT2D eigenvalue weighted by Gasteiger charge is -2.39. The molecular weight excluding hydrogens is 252 g/mol. The highest BCUT2D eigenvalue weighted by Crippen LogP contribution is 2.22. The number of nitrogens with zero attached hydrogens (tertiary/aromatic N) is 2. The molecule has 2 rings (SSSR count). The maximum absolute atomic E-state index is 12.1. The van der Waals surface area contributed by atoms with E-state index in [4.69, 9.17) is 0 Å². The Morgan fingerprint density at radius 3 is 3.00 bits per heavy atom. The summed E-state index contributed by atoms with van der Waals surface area (Å²) in [5, 5.41) is 3.58. The predicted octanol–water partition coefficient (Wildman–Crippen LogP) is 1.78. The molecule has 2 heterocycles. The fourth-order valence-electron chi connectivity index (χ4n) is 2.90. The summed E-state index contributed by atoms with van der Waals surface area (Å²) in [5.74, 6) is 1.88. The Kier molecular flexibility index (Phi) is 5.17. The molecule has 1 saturated heterocycles. The SMILES string of the molecule is CC[C@@H]1CN(C(=O)C(C)C)CC[C@H]1NCc1ncc[nH]1. The van der Waals surface area contributed by atoms with E-state index in [0.717, 1.165) is 38.3 Å². The molecule has 20 heavy (non-hydrogen) atoms. The third-order valence-corrected chi connectivity index (χ3v) is 4.15. The van der Waals surface area contributed by atoms with E-state index in [1.165, 1.54) is 0 Å². The summed E-state index contributed by atoms with van der Waals surface area (Å²) in [4.78, 5) is 21.5. The van der Waals surface area contributed by atoms with Crippen LogP contribution >= 0.6 is 0 Å². The van der Waals surface area contributed by atoms with E-state index in [0.29, 0.717) is 12.0 Å². The first-order valence-corrected chi connectivity index (χ1v) is 7.62. The molecule has 1 fully saturated rings. The number of carbonyl (C=O) groups is 1. The highest BCUT2D eigenvalue weighted by Gasteiger charge is 2.30. The van der Waals surface area contributed by atoms with Crippen LogP contribution in [-0.4, -0.2) is 39.9 Å². The lowest BCUT2D eigenvalue weighted by molar-refractivity contribution is -0.136. The van der Waals surface area contributed by atoms with Crippen LogP contribution in [0, 0.1) is 11.8 Å². The van der Waals surface area contributed by atoms with E-state index in [2.05, 4.69) is 22.2 Å². The van der Waals surface area contributed by atoms with E-state index in [1.807, 2.05) is 24.9 Å². The van der Waals surface area contributed by atoms with Crippen molar-refractivity contribution < 1.29 is 4.79 Å². The fraction of sp³-hybridized carbons (Fsp3) is 0.733. The van der Waals surface area contributed by atoms with Gasteiger partial charge in [0.1, 0.15) is 5.82 Å². The Hall–Kier alpha value is -1.36. The van der Waals surface area contributed by atoms with Crippen LogP contribution in [0.3, 0.4) is 0 Å². The molecule has 2 N–H and O–H groups in total. The number of aromatic nitrogens is 2. The highest BCUT2D eigenvalue weighted by molar-refractivity contribution is 5.78. The van der Waals surface area contributed by atoms with Gasteiger partial charge in [0, 0.05) is 37.4 Å². The minimum absolute atomic E-state index is 0.0973. The zero-order chi connectivity index (χ0) is 14.5. The quantitative estimate of drug-likeness (QED) is 0.863. The van der Waals surface area contributed by atoms with Gasteiger partial charge in [-0.1, -0.05) is 27.2 Å². The molecule has 0 aliphatic carbocycles. The van der Waals surface area contributed by atoms with Gasteiger partial charge in [-0.25, -0.2) is 4.98 Å². The molecule has 5 heteroatoms. The average molecular weight is 278 g/mol. The number of hydrogen-bond acceptors (Lipinski definition) is 3. The number of amides is 1. The Bertz CT molecular complexity index is 416. The maximum atomic E-state index is 12.1. The van der Waals surface area contributed by atoms with Gasteiger partial charge in [0.25, 0.3) is 0 Å². The van der Waals surface area contributed by atoms with Crippen molar-refractivity contribution in [3.05, 3.63) is 18.2 Å². The molecule has 112 valence electrons. The van der Waals surface area contributed by atoms with Crippen molar-refractivity contribution >= 4 is 5.91 Å². The van der Waals surface area contributed by atoms with Crippen LogP contribution in [0.15, 0.2) is 12.4 Å². The topological polar surface area (TPSA) is 61.0 Å². The molecule has 0 aromatic carbocycles. The van der Waals surface area contributed by atoms with Gasteiger partial charge < -0.3 is 15.2 Å². The first kappa shape index (κ1) is 15.0. The van der Waals surface area contributed by atoms with Crippen LogP contribution in [0.25, 0.3) is 0 Å². The molecule has 1 aromatic rings. The molecule has 0 radical (unpaired) electrons. The Morgan fingerprint density at radius 1 is 1.60 bits per heavy atom. The van der Waals surface area contributed by atoms with Gasteiger partial charge in [-0.15, -0.1) is 0 Å². The lowest BCUT2D eigenvalue weighted by Crippen LogP contribution is -2.51. The second-order valence-corrected chi connectivity index (χ2v) is 5.92. The second kappa shape index (κ2) is 6.88. The number of rotatable bonds is 5. The standard InChI is InChI=1S/C15H26N4O/c1-4-12-10-19(15(20)11(2)3)8-5-13(12)18-9-14-16-6-7-17-14/h6-7,11-13,18H,4-5,8-10H2,1-3H3,(H,16,17)/t12-,13-/m1/s1. The number of hydrogen-bond donors (Lipinski definition) is 2. The predicted molar refractivity (Wildman–Crippen MR) is 79.0 cm³/mol. The zero-order valence-corrected chi connectivity index (χ0v) is 12.7. The minimum atomic E-state index is 0.0973. The van der Waals surface area contributed by atoms with Crippen molar-refractivity contribution in [1.29, 1.82) is 0 Å². The number of piperidine rings is 1. The zero-order valence-electron chi connectivity index (χ0n) is 12.7. The molecular formula is C15H26N4O. The van der Waals surface area contributed by atoms with E-state index < -0.39 is 0 Å². The van der Waals surface area contributed by atoms with Crippen molar-refractivity contribution in [3.63, 3.8) is 0 Å². The normalized spacial score (nSPS) is 23.3. The summed E-state index contributed by atoms with van der Waals surface area (Å²) in [6.07, 6.45) is 5.74. The molecule has 1 aliphatic heterocycles. The van der Waals surface area contributed by atoms with Gasteiger partial charge in [0.2, 0.25) is 5.91 Å². The summed E-state index contributed by atoms with van der Waals surface area (Å²) < 4.78 is 0. The summed E-state index contributed by atoms with van der Waals surface area (Å²) in [6, 6.07) is 0.473. The molecule has 1 aliphatic rings. The Balaban J connectivity index is 1.88. The molecule has 1 aromatic heterocycles. The number of nitrogens with one attached hydrogen (secondary N) is 2. The number of H-pyrrole nitrogens is 1. The van der Waals surface area contributed by atoms with Crippen LogP contribution in [0.1, 0.15) is 39.4 Å².